The molecule has 0 saturated carbocycles. The first-order chi connectivity index (χ1) is 12.1. The Hall–Kier alpha value is -3.27. The molecule has 1 atom stereocenters. The third kappa shape index (κ3) is 2.94. The number of carbonyl (C=O) groups excluding carboxylic acids is 1. The number of carbonyl (C=O) groups is 1. The van der Waals surface area contributed by atoms with E-state index >= 15 is 0 Å². The van der Waals surface area contributed by atoms with Crippen LogP contribution in [0.5, 0.6) is 5.88 Å². The monoisotopic (exact) mass is 338 g/mol. The van der Waals surface area contributed by atoms with E-state index in [9.17, 15) is 10.1 Å². The van der Waals surface area contributed by atoms with Gasteiger partial charge in [-0.05, 0) is 17.5 Å². The van der Waals surface area contributed by atoms with Crippen molar-refractivity contribution >= 4 is 5.97 Å². The van der Waals surface area contributed by atoms with Crippen molar-refractivity contribution < 1.29 is 14.3 Å². The summed E-state index contributed by atoms with van der Waals surface area (Å²) in [5.41, 5.74) is 9.47. The van der Waals surface area contributed by atoms with E-state index in [1.807, 2.05) is 24.3 Å². The average Bonchev–Trinajstić information content (AvgIpc) is 3.02. The number of hydrogen-bond donors (Lipinski definition) is 2. The number of aromatic amines is 1. The van der Waals surface area contributed by atoms with Gasteiger partial charge >= 0.3 is 5.97 Å². The molecule has 0 bridgehead atoms. The van der Waals surface area contributed by atoms with Crippen molar-refractivity contribution in [3.05, 3.63) is 58.1 Å². The van der Waals surface area contributed by atoms with Gasteiger partial charge in [0.1, 0.15) is 11.6 Å². The highest BCUT2D eigenvalue weighted by molar-refractivity contribution is 5.73. The van der Waals surface area contributed by atoms with Gasteiger partial charge in [0.25, 0.3) is 0 Å². The van der Waals surface area contributed by atoms with Crippen LogP contribution in [0.2, 0.25) is 0 Å². The van der Waals surface area contributed by atoms with Crippen molar-refractivity contribution in [1.82, 2.24) is 10.2 Å². The molecule has 7 heteroatoms. The molecular formula is C18H18N4O3. The molecule has 128 valence electrons. The second-order valence-corrected chi connectivity index (χ2v) is 5.69. The Labute approximate surface area is 145 Å². The fraction of sp³-hybridized carbons (Fsp3) is 0.278. The Morgan fingerprint density at radius 2 is 2.16 bits per heavy atom. The number of nitriles is 1. The summed E-state index contributed by atoms with van der Waals surface area (Å²) in [6, 6.07) is 10.1. The Bertz CT molecular complexity index is 875. The molecule has 0 radical (unpaired) electrons. The molecule has 2 heterocycles. The summed E-state index contributed by atoms with van der Waals surface area (Å²) in [6.45, 7) is 2.07. The number of ether oxygens (including phenoxy) is 2. The van der Waals surface area contributed by atoms with Crippen LogP contribution in [0.4, 0.5) is 0 Å². The van der Waals surface area contributed by atoms with Gasteiger partial charge in [0, 0.05) is 0 Å². The zero-order valence-corrected chi connectivity index (χ0v) is 14.0. The zero-order chi connectivity index (χ0) is 18.0. The van der Waals surface area contributed by atoms with Gasteiger partial charge in [-0.3, -0.25) is 9.89 Å². The van der Waals surface area contributed by atoms with Crippen LogP contribution in [0.25, 0.3) is 0 Å². The van der Waals surface area contributed by atoms with Crippen LogP contribution in [0, 0.1) is 11.3 Å². The van der Waals surface area contributed by atoms with E-state index < -0.39 is 11.9 Å². The molecule has 0 fully saturated rings. The van der Waals surface area contributed by atoms with E-state index in [0.29, 0.717) is 16.8 Å². The molecule has 7 nitrogen and oxygen atoms in total. The molecule has 0 unspecified atom stereocenters. The van der Waals surface area contributed by atoms with Crippen molar-refractivity contribution in [2.45, 2.75) is 25.7 Å². The number of aryl methyl sites for hydroxylation is 1. The maximum absolute atomic E-state index is 11.7. The van der Waals surface area contributed by atoms with Gasteiger partial charge in [0.2, 0.25) is 11.8 Å². The lowest BCUT2D eigenvalue weighted by atomic mass is 9.83. The van der Waals surface area contributed by atoms with Crippen LogP contribution < -0.4 is 10.5 Å². The number of methoxy groups -OCH3 is 1. The van der Waals surface area contributed by atoms with Gasteiger partial charge in [-0.2, -0.15) is 5.26 Å². The Morgan fingerprint density at radius 1 is 1.44 bits per heavy atom. The van der Waals surface area contributed by atoms with Crippen molar-refractivity contribution in [3.8, 4) is 11.9 Å². The van der Waals surface area contributed by atoms with Crippen molar-refractivity contribution in [2.24, 2.45) is 5.73 Å². The van der Waals surface area contributed by atoms with Crippen LogP contribution in [-0.4, -0.2) is 23.3 Å². The molecule has 1 aliphatic heterocycles. The molecule has 3 N–H and O–H groups in total. The van der Waals surface area contributed by atoms with Gasteiger partial charge in [0.05, 0.1) is 30.7 Å². The van der Waals surface area contributed by atoms with Crippen LogP contribution in [0.1, 0.15) is 35.2 Å². The number of nitrogens with zero attached hydrogens (tertiary/aromatic N) is 2. The molecule has 3 rings (SSSR count). The first-order valence-corrected chi connectivity index (χ1v) is 7.89. The summed E-state index contributed by atoms with van der Waals surface area (Å²) < 4.78 is 10.2. The Balaban J connectivity index is 2.13. The van der Waals surface area contributed by atoms with E-state index in [2.05, 4.69) is 23.2 Å². The van der Waals surface area contributed by atoms with E-state index in [0.717, 1.165) is 12.0 Å². The third-order valence-electron chi connectivity index (χ3n) is 4.29. The zero-order valence-electron chi connectivity index (χ0n) is 14.0. The molecule has 0 amide bonds. The number of benzene rings is 1. The molecule has 2 aromatic rings. The maximum atomic E-state index is 11.7. The average molecular weight is 338 g/mol. The number of esters is 1. The highest BCUT2D eigenvalue weighted by atomic mass is 16.5. The number of aromatic nitrogens is 2. The van der Waals surface area contributed by atoms with Gasteiger partial charge in [-0.25, -0.2) is 0 Å². The normalized spacial score (nSPS) is 16.0. The minimum absolute atomic E-state index is 0.00432. The van der Waals surface area contributed by atoms with E-state index in [4.69, 9.17) is 15.2 Å². The molecule has 0 aliphatic carbocycles. The third-order valence-corrected chi connectivity index (χ3v) is 4.29. The number of nitrogens with two attached hydrogens (primary N) is 1. The number of rotatable bonds is 4. The lowest BCUT2D eigenvalue weighted by Crippen LogP contribution is -2.21. The minimum atomic E-state index is -0.446. The topological polar surface area (TPSA) is 114 Å². The maximum Gasteiger partial charge on any atom is 0.311 e. The Kier molecular flexibility index (Phi) is 4.44. The molecule has 1 aliphatic rings. The molecule has 1 aromatic heterocycles. The lowest BCUT2D eigenvalue weighted by molar-refractivity contribution is -0.139. The van der Waals surface area contributed by atoms with Gasteiger partial charge in [-0.1, -0.05) is 31.2 Å². The number of allylic oxidation sites excluding steroid dienone is 1. The van der Waals surface area contributed by atoms with Crippen molar-refractivity contribution in [1.29, 1.82) is 5.26 Å². The van der Waals surface area contributed by atoms with E-state index in [1.165, 1.54) is 12.7 Å². The summed E-state index contributed by atoms with van der Waals surface area (Å²) in [7, 11) is 1.32. The smallest absolute Gasteiger partial charge is 0.311 e. The molecule has 25 heavy (non-hydrogen) atoms. The summed E-state index contributed by atoms with van der Waals surface area (Å²) in [5.74, 6) is -0.554. The summed E-state index contributed by atoms with van der Waals surface area (Å²) in [6.07, 6.45) is 0.923. The standard InChI is InChI=1S/C18H18N4O3/c1-3-10-4-6-11(7-5-10)15-12(9-19)17(20)25-18-16(15)13(21-22-18)8-14(23)24-2/h4-7,15H,3,8,20H2,1-2H3,(H,21,22)/t15-/m0/s1. The van der Waals surface area contributed by atoms with Crippen LogP contribution in [0.3, 0.4) is 0 Å². The minimum Gasteiger partial charge on any atom is -0.469 e. The first kappa shape index (κ1) is 16.6. The first-order valence-electron chi connectivity index (χ1n) is 7.89. The molecule has 1 aromatic carbocycles. The van der Waals surface area contributed by atoms with E-state index in [1.54, 1.807) is 0 Å². The van der Waals surface area contributed by atoms with Gasteiger partial charge < -0.3 is 15.2 Å². The predicted molar refractivity (Wildman–Crippen MR) is 89.4 cm³/mol. The lowest BCUT2D eigenvalue weighted by Gasteiger charge is -2.24. The van der Waals surface area contributed by atoms with Crippen LogP contribution >= 0.6 is 0 Å². The van der Waals surface area contributed by atoms with Crippen LogP contribution in [0.15, 0.2) is 35.7 Å². The van der Waals surface area contributed by atoms with Crippen LogP contribution in [-0.2, 0) is 22.4 Å². The largest absolute Gasteiger partial charge is 0.469 e. The quantitative estimate of drug-likeness (QED) is 0.823. The highest BCUT2D eigenvalue weighted by Gasteiger charge is 2.35. The number of hydrogen-bond acceptors (Lipinski definition) is 6. The Morgan fingerprint density at radius 3 is 2.76 bits per heavy atom. The second-order valence-electron chi connectivity index (χ2n) is 5.69. The number of H-pyrrole nitrogens is 1. The van der Waals surface area contributed by atoms with Gasteiger partial charge in [-0.15, -0.1) is 5.10 Å². The second kappa shape index (κ2) is 6.69. The van der Waals surface area contributed by atoms with E-state index in [-0.39, 0.29) is 18.2 Å². The van der Waals surface area contributed by atoms with Gasteiger partial charge in [0.15, 0.2) is 0 Å². The molecule has 0 saturated heterocycles. The SMILES string of the molecule is CCc1ccc([C@H]2C(C#N)=C(N)Oc3n[nH]c(CC(=O)OC)c32)cc1. The summed E-state index contributed by atoms with van der Waals surface area (Å²) in [4.78, 5) is 11.7. The fourth-order valence-electron chi connectivity index (χ4n) is 2.94. The predicted octanol–water partition coefficient (Wildman–Crippen LogP) is 1.91. The highest BCUT2D eigenvalue weighted by Crippen LogP contribution is 2.42. The van der Waals surface area contributed by atoms with Crippen molar-refractivity contribution in [3.63, 3.8) is 0 Å². The molecule has 0 spiro atoms. The number of nitrogens with one attached hydrogen (secondary N) is 1. The van der Waals surface area contributed by atoms with Crippen molar-refractivity contribution in [2.75, 3.05) is 7.11 Å². The summed E-state index contributed by atoms with van der Waals surface area (Å²) in [5, 5.41) is 16.5. The number of fused-ring (bicyclic) bond motifs is 1. The summed E-state index contributed by atoms with van der Waals surface area (Å²) >= 11 is 0. The molecular weight excluding hydrogens is 320 g/mol. The fourth-order valence-corrected chi connectivity index (χ4v) is 2.94.